The van der Waals surface area contributed by atoms with Crippen LogP contribution in [0.3, 0.4) is 0 Å². The molecule has 0 aliphatic heterocycles. The zero-order valence-electron chi connectivity index (χ0n) is 11.6. The first kappa shape index (κ1) is 12.7. The molecule has 102 valence electrons. The van der Waals surface area contributed by atoms with Crippen LogP contribution in [0.2, 0.25) is 0 Å². The van der Waals surface area contributed by atoms with Crippen molar-refractivity contribution in [3.63, 3.8) is 0 Å². The molecule has 0 atom stereocenters. The second-order valence-corrected chi connectivity index (χ2v) is 5.00. The maximum Gasteiger partial charge on any atom is 0.141 e. The average molecular weight is 267 g/mol. The Labute approximate surface area is 117 Å². The summed E-state index contributed by atoms with van der Waals surface area (Å²) in [5.74, 6) is 0.931. The third kappa shape index (κ3) is 2.06. The Balaban J connectivity index is 2.26. The molecule has 3 aromatic heterocycles. The molecule has 0 radical (unpaired) electrons. The lowest BCUT2D eigenvalue weighted by atomic mass is 10.2. The maximum atomic E-state index is 5.67. The number of rotatable bonds is 3. The molecule has 0 fully saturated rings. The fourth-order valence-corrected chi connectivity index (χ4v) is 2.41. The van der Waals surface area contributed by atoms with Crippen LogP contribution in [0.4, 0.5) is 0 Å². The number of nitrogens with two attached hydrogens (primary N) is 1. The molecule has 0 aliphatic carbocycles. The number of hydrogen-bond donors (Lipinski definition) is 1. The van der Waals surface area contributed by atoms with Crippen molar-refractivity contribution < 1.29 is 0 Å². The highest BCUT2D eigenvalue weighted by Crippen LogP contribution is 2.27. The van der Waals surface area contributed by atoms with Crippen molar-refractivity contribution in [2.24, 2.45) is 5.73 Å². The van der Waals surface area contributed by atoms with Crippen molar-refractivity contribution >= 4 is 11.0 Å². The molecule has 3 heterocycles. The number of hydrogen-bond acceptors (Lipinski definition) is 4. The van der Waals surface area contributed by atoms with Crippen molar-refractivity contribution in [2.45, 2.75) is 26.4 Å². The van der Waals surface area contributed by atoms with E-state index in [9.17, 15) is 0 Å². The predicted molar refractivity (Wildman–Crippen MR) is 79.0 cm³/mol. The van der Waals surface area contributed by atoms with Crippen molar-refractivity contribution in [3.8, 4) is 11.4 Å². The van der Waals surface area contributed by atoms with Crippen LogP contribution in [0.15, 0.2) is 36.8 Å². The average Bonchev–Trinajstić information content (AvgIpc) is 2.87. The first-order valence-corrected chi connectivity index (χ1v) is 6.68. The molecule has 20 heavy (non-hydrogen) atoms. The Kier molecular flexibility index (Phi) is 3.20. The summed E-state index contributed by atoms with van der Waals surface area (Å²) in [5.41, 5.74) is 9.57. The smallest absolute Gasteiger partial charge is 0.141 e. The van der Waals surface area contributed by atoms with E-state index in [0.29, 0.717) is 12.6 Å². The van der Waals surface area contributed by atoms with Crippen molar-refractivity contribution in [2.75, 3.05) is 0 Å². The van der Waals surface area contributed by atoms with Crippen LogP contribution in [0.5, 0.6) is 0 Å². The van der Waals surface area contributed by atoms with E-state index in [2.05, 4.69) is 28.4 Å². The van der Waals surface area contributed by atoms with E-state index in [1.165, 1.54) is 0 Å². The Bertz CT molecular complexity index is 745. The van der Waals surface area contributed by atoms with Gasteiger partial charge in [-0.2, -0.15) is 0 Å². The fraction of sp³-hybridized carbons (Fsp3) is 0.267. The molecule has 0 spiro atoms. The lowest BCUT2D eigenvalue weighted by Crippen LogP contribution is -2.04. The molecule has 0 unspecified atom stereocenters. The lowest BCUT2D eigenvalue weighted by molar-refractivity contribution is 0.624. The van der Waals surface area contributed by atoms with Gasteiger partial charge in [-0.3, -0.25) is 9.97 Å². The molecule has 0 aliphatic rings. The Morgan fingerprint density at radius 3 is 2.85 bits per heavy atom. The standard InChI is InChI=1S/C15H17N5/c1-10(2)20-14-4-5-17-9-13(14)19-15(20)11-3-6-18-12(7-11)8-16/h3-7,9-10H,8,16H2,1-2H3. The Hall–Kier alpha value is -2.27. The Morgan fingerprint density at radius 1 is 1.25 bits per heavy atom. The molecular formula is C15H17N5. The molecule has 0 saturated heterocycles. The first-order chi connectivity index (χ1) is 9.70. The normalized spacial score (nSPS) is 11.4. The number of imidazole rings is 1. The van der Waals surface area contributed by atoms with Gasteiger partial charge in [0.15, 0.2) is 0 Å². The van der Waals surface area contributed by atoms with E-state index < -0.39 is 0 Å². The van der Waals surface area contributed by atoms with Gasteiger partial charge in [-0.1, -0.05) is 0 Å². The number of fused-ring (bicyclic) bond motifs is 1. The molecule has 5 heteroatoms. The van der Waals surface area contributed by atoms with E-state index >= 15 is 0 Å². The number of aromatic nitrogens is 4. The molecule has 3 rings (SSSR count). The van der Waals surface area contributed by atoms with Gasteiger partial charge in [-0.25, -0.2) is 4.98 Å². The third-order valence-electron chi connectivity index (χ3n) is 3.29. The summed E-state index contributed by atoms with van der Waals surface area (Å²) < 4.78 is 2.21. The topological polar surface area (TPSA) is 69.6 Å². The number of nitrogens with zero attached hydrogens (tertiary/aromatic N) is 4. The fourth-order valence-electron chi connectivity index (χ4n) is 2.41. The molecule has 2 N–H and O–H groups in total. The molecule has 0 saturated carbocycles. The summed E-state index contributed by atoms with van der Waals surface area (Å²) in [6.07, 6.45) is 5.37. The highest BCUT2D eigenvalue weighted by Gasteiger charge is 2.15. The van der Waals surface area contributed by atoms with Crippen molar-refractivity contribution in [1.82, 2.24) is 19.5 Å². The van der Waals surface area contributed by atoms with Gasteiger partial charge >= 0.3 is 0 Å². The van der Waals surface area contributed by atoms with Gasteiger partial charge in [0.25, 0.3) is 0 Å². The van der Waals surface area contributed by atoms with Crippen LogP contribution in [0.25, 0.3) is 22.4 Å². The molecule has 3 aromatic rings. The summed E-state index contributed by atoms with van der Waals surface area (Å²) in [7, 11) is 0. The molecule has 0 bridgehead atoms. The summed E-state index contributed by atoms with van der Waals surface area (Å²) in [5, 5.41) is 0. The summed E-state index contributed by atoms with van der Waals surface area (Å²) in [4.78, 5) is 13.1. The van der Waals surface area contributed by atoms with E-state index in [1.807, 2.05) is 18.2 Å². The molecule has 0 aromatic carbocycles. The van der Waals surface area contributed by atoms with Crippen LogP contribution < -0.4 is 5.73 Å². The molecular weight excluding hydrogens is 250 g/mol. The highest BCUT2D eigenvalue weighted by molar-refractivity contribution is 5.79. The lowest BCUT2D eigenvalue weighted by Gasteiger charge is -2.13. The van der Waals surface area contributed by atoms with Crippen LogP contribution in [-0.4, -0.2) is 19.5 Å². The zero-order valence-corrected chi connectivity index (χ0v) is 11.6. The monoisotopic (exact) mass is 267 g/mol. The molecule has 0 amide bonds. The first-order valence-electron chi connectivity index (χ1n) is 6.68. The second kappa shape index (κ2) is 5.02. The van der Waals surface area contributed by atoms with Gasteiger partial charge in [0.1, 0.15) is 11.3 Å². The van der Waals surface area contributed by atoms with E-state index in [1.54, 1.807) is 18.6 Å². The van der Waals surface area contributed by atoms with Crippen LogP contribution in [0, 0.1) is 0 Å². The summed E-state index contributed by atoms with van der Waals surface area (Å²) >= 11 is 0. The quantitative estimate of drug-likeness (QED) is 0.791. The van der Waals surface area contributed by atoms with Crippen LogP contribution >= 0.6 is 0 Å². The maximum absolute atomic E-state index is 5.67. The largest absolute Gasteiger partial charge is 0.325 e. The van der Waals surface area contributed by atoms with Crippen molar-refractivity contribution in [3.05, 3.63) is 42.5 Å². The van der Waals surface area contributed by atoms with E-state index in [4.69, 9.17) is 10.7 Å². The SMILES string of the molecule is CC(C)n1c(-c2ccnc(CN)c2)nc2cnccc21. The minimum absolute atomic E-state index is 0.312. The third-order valence-corrected chi connectivity index (χ3v) is 3.29. The minimum atomic E-state index is 0.312. The van der Waals surface area contributed by atoms with Gasteiger partial charge < -0.3 is 10.3 Å². The van der Waals surface area contributed by atoms with E-state index in [0.717, 1.165) is 28.1 Å². The minimum Gasteiger partial charge on any atom is -0.325 e. The zero-order chi connectivity index (χ0) is 14.1. The predicted octanol–water partition coefficient (Wildman–Crippen LogP) is 2.53. The highest BCUT2D eigenvalue weighted by atomic mass is 15.1. The molecule has 5 nitrogen and oxygen atoms in total. The van der Waals surface area contributed by atoms with Gasteiger partial charge in [-0.15, -0.1) is 0 Å². The van der Waals surface area contributed by atoms with Gasteiger partial charge in [0.2, 0.25) is 0 Å². The van der Waals surface area contributed by atoms with Gasteiger partial charge in [0, 0.05) is 30.5 Å². The van der Waals surface area contributed by atoms with Crippen LogP contribution in [-0.2, 0) is 6.54 Å². The second-order valence-electron chi connectivity index (χ2n) is 5.00. The van der Waals surface area contributed by atoms with E-state index in [-0.39, 0.29) is 0 Å². The summed E-state index contributed by atoms with van der Waals surface area (Å²) in [6.45, 7) is 4.73. The van der Waals surface area contributed by atoms with Crippen molar-refractivity contribution in [1.29, 1.82) is 0 Å². The summed E-state index contributed by atoms with van der Waals surface area (Å²) in [6, 6.07) is 6.27. The van der Waals surface area contributed by atoms with Crippen LogP contribution in [0.1, 0.15) is 25.6 Å². The number of pyridine rings is 2. The van der Waals surface area contributed by atoms with Gasteiger partial charge in [-0.05, 0) is 32.0 Å². The Morgan fingerprint density at radius 2 is 2.10 bits per heavy atom. The van der Waals surface area contributed by atoms with Gasteiger partial charge in [0.05, 0.1) is 17.4 Å².